The molecule has 2 N–H and O–H groups in total. The summed E-state index contributed by atoms with van der Waals surface area (Å²) in [5, 5.41) is 11.6. The summed E-state index contributed by atoms with van der Waals surface area (Å²) in [4.78, 5) is 37.9. The van der Waals surface area contributed by atoms with Crippen LogP contribution in [0, 0.1) is 11.8 Å². The highest BCUT2D eigenvalue weighted by Crippen LogP contribution is 2.37. The molecule has 2 amide bonds. The number of carbonyl (C=O) groups excluding carboxylic acids is 2. The van der Waals surface area contributed by atoms with E-state index in [-0.39, 0.29) is 31.4 Å². The first-order chi connectivity index (χ1) is 12.7. The van der Waals surface area contributed by atoms with Gasteiger partial charge in [0, 0.05) is 39.1 Å². The molecule has 28 heavy (non-hydrogen) atoms. The summed E-state index contributed by atoms with van der Waals surface area (Å²) < 4.78 is 38.8. The van der Waals surface area contributed by atoms with Gasteiger partial charge in [-0.1, -0.05) is 6.42 Å². The summed E-state index contributed by atoms with van der Waals surface area (Å²) >= 11 is 0. The average Bonchev–Trinajstić information content (AvgIpc) is 2.90. The van der Waals surface area contributed by atoms with Crippen LogP contribution in [-0.4, -0.2) is 78.1 Å². The van der Waals surface area contributed by atoms with E-state index >= 15 is 0 Å². The zero-order valence-electron chi connectivity index (χ0n) is 15.5. The number of hydrogen-bond donors (Lipinski definition) is 2. The molecule has 0 saturated carbocycles. The van der Waals surface area contributed by atoms with Crippen LogP contribution in [0.1, 0.15) is 32.1 Å². The Balaban J connectivity index is 0.00000392. The Bertz CT molecular complexity index is 562. The van der Waals surface area contributed by atoms with E-state index in [0.29, 0.717) is 25.9 Å². The summed E-state index contributed by atoms with van der Waals surface area (Å²) in [6.45, 7) is 0.530. The molecule has 7 nitrogen and oxygen atoms in total. The number of hydrogen-bond acceptors (Lipinski definition) is 4. The monoisotopic (exact) mass is 429 g/mol. The van der Waals surface area contributed by atoms with Crippen LogP contribution in [0.25, 0.3) is 0 Å². The van der Waals surface area contributed by atoms with E-state index in [1.807, 2.05) is 0 Å². The summed E-state index contributed by atoms with van der Waals surface area (Å²) in [5.74, 6) is -5.33. The van der Waals surface area contributed by atoms with Gasteiger partial charge >= 0.3 is 12.1 Å². The van der Waals surface area contributed by atoms with Gasteiger partial charge in [0.05, 0.1) is 18.4 Å². The first kappa shape index (κ1) is 24.5. The zero-order chi connectivity index (χ0) is 20.0. The van der Waals surface area contributed by atoms with Crippen LogP contribution in [-0.2, 0) is 14.4 Å². The third-order valence-corrected chi connectivity index (χ3v) is 5.10. The maximum atomic E-state index is 12.9. The van der Waals surface area contributed by atoms with Gasteiger partial charge in [-0.05, 0) is 19.3 Å². The van der Waals surface area contributed by atoms with Crippen LogP contribution in [0.15, 0.2) is 0 Å². The average molecular weight is 430 g/mol. The van der Waals surface area contributed by atoms with Gasteiger partial charge in [-0.25, -0.2) is 0 Å². The molecule has 0 aromatic carbocycles. The smallest absolute Gasteiger partial charge is 0.393 e. The second-order valence-electron chi connectivity index (χ2n) is 7.18. The number of carboxylic acids is 1. The van der Waals surface area contributed by atoms with E-state index in [1.54, 1.807) is 4.90 Å². The number of likely N-dealkylation sites (tertiary alicyclic amines) is 2. The van der Waals surface area contributed by atoms with Gasteiger partial charge in [-0.2, -0.15) is 13.2 Å². The molecule has 0 radical (unpaired) electrons. The van der Waals surface area contributed by atoms with E-state index in [9.17, 15) is 27.6 Å². The highest BCUT2D eigenvalue weighted by atomic mass is 35.5. The van der Waals surface area contributed by atoms with Crippen LogP contribution >= 0.6 is 12.4 Å². The molecule has 2 aliphatic heterocycles. The molecule has 0 aliphatic carbocycles. The van der Waals surface area contributed by atoms with Crippen LogP contribution in [0.2, 0.25) is 0 Å². The largest absolute Gasteiger partial charge is 0.481 e. The summed E-state index contributed by atoms with van der Waals surface area (Å²) in [6.07, 6.45) is -0.581. The first-order valence-electron chi connectivity index (χ1n) is 9.25. The Hall–Kier alpha value is -1.55. The minimum absolute atomic E-state index is 0. The van der Waals surface area contributed by atoms with Crippen molar-refractivity contribution in [2.24, 2.45) is 11.8 Å². The molecule has 2 fully saturated rings. The molecule has 2 atom stereocenters. The topological polar surface area (TPSA) is 89.9 Å². The fourth-order valence-electron chi connectivity index (χ4n) is 3.63. The number of aliphatic carboxylic acids is 1. The van der Waals surface area contributed by atoms with Crippen molar-refractivity contribution in [3.8, 4) is 0 Å². The Kier molecular flexibility index (Phi) is 9.49. The van der Waals surface area contributed by atoms with Gasteiger partial charge in [0.2, 0.25) is 11.8 Å². The third kappa shape index (κ3) is 7.12. The molecule has 2 saturated heterocycles. The van der Waals surface area contributed by atoms with Crippen molar-refractivity contribution < 1.29 is 32.7 Å². The zero-order valence-corrected chi connectivity index (χ0v) is 16.4. The van der Waals surface area contributed by atoms with Crippen molar-refractivity contribution in [3.63, 3.8) is 0 Å². The molecule has 0 aromatic rings. The Morgan fingerprint density at radius 1 is 1.18 bits per heavy atom. The molecular formula is C17H27ClF3N3O4. The van der Waals surface area contributed by atoms with Crippen LogP contribution in [0.3, 0.4) is 0 Å². The number of halogens is 4. The van der Waals surface area contributed by atoms with Crippen molar-refractivity contribution >= 4 is 30.2 Å². The lowest BCUT2D eigenvalue weighted by Crippen LogP contribution is -2.38. The van der Waals surface area contributed by atoms with Crippen LogP contribution in [0.4, 0.5) is 13.2 Å². The molecular weight excluding hydrogens is 403 g/mol. The van der Waals surface area contributed by atoms with E-state index < -0.39 is 36.4 Å². The summed E-state index contributed by atoms with van der Waals surface area (Å²) in [6, 6.07) is 0. The maximum absolute atomic E-state index is 12.9. The fourth-order valence-corrected chi connectivity index (χ4v) is 3.63. The number of nitrogens with zero attached hydrogens (tertiary/aromatic N) is 2. The molecule has 2 rings (SSSR count). The van der Waals surface area contributed by atoms with Gasteiger partial charge in [0.1, 0.15) is 0 Å². The molecule has 2 heterocycles. The highest BCUT2D eigenvalue weighted by molar-refractivity contribution is 5.85. The molecule has 0 unspecified atom stereocenters. The Morgan fingerprint density at radius 2 is 1.89 bits per heavy atom. The number of rotatable bonds is 7. The van der Waals surface area contributed by atoms with Crippen molar-refractivity contribution in [2.75, 3.05) is 39.3 Å². The van der Waals surface area contributed by atoms with Crippen molar-refractivity contribution in [1.82, 2.24) is 15.1 Å². The number of carbonyl (C=O) groups is 3. The van der Waals surface area contributed by atoms with E-state index in [2.05, 4.69) is 5.32 Å². The van der Waals surface area contributed by atoms with Crippen LogP contribution in [0.5, 0.6) is 0 Å². The van der Waals surface area contributed by atoms with E-state index in [1.165, 1.54) is 4.90 Å². The minimum Gasteiger partial charge on any atom is -0.481 e. The Morgan fingerprint density at radius 3 is 2.50 bits per heavy atom. The van der Waals surface area contributed by atoms with Gasteiger partial charge in [-0.15, -0.1) is 12.4 Å². The normalized spacial score (nSPS) is 23.8. The van der Waals surface area contributed by atoms with E-state index in [4.69, 9.17) is 5.11 Å². The predicted molar refractivity (Wildman–Crippen MR) is 97.0 cm³/mol. The lowest BCUT2D eigenvalue weighted by Gasteiger charge is -2.20. The lowest BCUT2D eigenvalue weighted by molar-refractivity contribution is -0.188. The number of carboxylic acid groups (broad SMARTS) is 1. The number of nitrogens with one attached hydrogen (secondary N) is 1. The Labute approximate surface area is 168 Å². The second-order valence-corrected chi connectivity index (χ2v) is 7.18. The minimum atomic E-state index is -4.60. The van der Waals surface area contributed by atoms with Gasteiger partial charge in [0.25, 0.3) is 0 Å². The highest BCUT2D eigenvalue weighted by Gasteiger charge is 2.52. The SMILES string of the molecule is Cl.O=C(CN1C[C@@H](C(F)(F)F)[C@H](C(=O)O)C1)NCCCN1CCCCCC1=O. The molecule has 162 valence electrons. The summed E-state index contributed by atoms with van der Waals surface area (Å²) in [5.41, 5.74) is 0. The third-order valence-electron chi connectivity index (χ3n) is 5.10. The molecule has 0 aromatic heterocycles. The molecule has 11 heteroatoms. The molecule has 0 spiro atoms. The molecule has 0 bridgehead atoms. The maximum Gasteiger partial charge on any atom is 0.393 e. The lowest BCUT2D eigenvalue weighted by atomic mass is 9.96. The molecule has 2 aliphatic rings. The van der Waals surface area contributed by atoms with Crippen molar-refractivity contribution in [2.45, 2.75) is 38.3 Å². The van der Waals surface area contributed by atoms with Gasteiger partial charge in [0.15, 0.2) is 0 Å². The standard InChI is InChI=1S/C17H26F3N3O4.ClH/c18-17(19,20)13-10-22(9-12(13)16(26)27)11-14(24)21-6-4-8-23-7-3-1-2-5-15(23)25;/h12-13H,1-11H2,(H,21,24)(H,26,27);1H/t12-,13-;/m1./s1. The fraction of sp³-hybridized carbons (Fsp3) is 0.824. The predicted octanol–water partition coefficient (Wildman–Crippen LogP) is 1.51. The van der Waals surface area contributed by atoms with E-state index in [0.717, 1.165) is 25.8 Å². The first-order valence-corrected chi connectivity index (χ1v) is 9.25. The number of alkyl halides is 3. The van der Waals surface area contributed by atoms with Gasteiger partial charge < -0.3 is 15.3 Å². The number of amides is 2. The van der Waals surface area contributed by atoms with Crippen LogP contribution < -0.4 is 5.32 Å². The summed E-state index contributed by atoms with van der Waals surface area (Å²) in [7, 11) is 0. The van der Waals surface area contributed by atoms with Gasteiger partial charge in [-0.3, -0.25) is 19.3 Å². The second kappa shape index (κ2) is 10.8. The quantitative estimate of drug-likeness (QED) is 0.599. The van der Waals surface area contributed by atoms with Crippen molar-refractivity contribution in [1.29, 1.82) is 0 Å². The van der Waals surface area contributed by atoms with Crippen molar-refractivity contribution in [3.05, 3.63) is 0 Å².